The van der Waals surface area contributed by atoms with Gasteiger partial charge in [-0.2, -0.15) is 0 Å². The van der Waals surface area contributed by atoms with Crippen molar-refractivity contribution in [3.05, 3.63) is 71.3 Å². The van der Waals surface area contributed by atoms with Gasteiger partial charge < -0.3 is 14.8 Å². The van der Waals surface area contributed by atoms with Crippen LogP contribution in [0.15, 0.2) is 54.6 Å². The molecule has 3 rings (SSSR count). The van der Waals surface area contributed by atoms with E-state index in [1.165, 1.54) is 6.26 Å². The van der Waals surface area contributed by atoms with Crippen molar-refractivity contribution in [1.29, 1.82) is 0 Å². The van der Waals surface area contributed by atoms with Crippen LogP contribution in [0, 0.1) is 0 Å². The molecule has 0 aliphatic carbocycles. The van der Waals surface area contributed by atoms with Gasteiger partial charge in [-0.25, -0.2) is 13.1 Å². The summed E-state index contributed by atoms with van der Waals surface area (Å²) in [4.78, 5) is 0. The molecule has 2 aromatic rings. The third-order valence-electron chi connectivity index (χ3n) is 4.71. The Kier molecular flexibility index (Phi) is 7.20. The molecule has 6 nitrogen and oxygen atoms in total. The minimum absolute atomic E-state index is 0.00697. The van der Waals surface area contributed by atoms with Crippen molar-refractivity contribution >= 4 is 10.0 Å². The number of sulfonamides is 1. The van der Waals surface area contributed by atoms with E-state index >= 15 is 0 Å². The van der Waals surface area contributed by atoms with E-state index in [4.69, 9.17) is 9.47 Å². The lowest BCUT2D eigenvalue weighted by Gasteiger charge is -2.30. The first kappa shape index (κ1) is 21.0. The number of ether oxygens (including phenoxy) is 2. The zero-order chi connectivity index (χ0) is 20.0. The van der Waals surface area contributed by atoms with E-state index in [0.29, 0.717) is 13.2 Å². The van der Waals surface area contributed by atoms with E-state index in [0.717, 1.165) is 29.8 Å². The van der Waals surface area contributed by atoms with Gasteiger partial charge in [-0.3, -0.25) is 0 Å². The first-order valence-electron chi connectivity index (χ1n) is 9.46. The van der Waals surface area contributed by atoms with E-state index in [9.17, 15) is 8.42 Å². The zero-order valence-corrected chi connectivity index (χ0v) is 17.1. The van der Waals surface area contributed by atoms with Crippen molar-refractivity contribution in [2.45, 2.75) is 31.7 Å². The largest absolute Gasteiger partial charge is 0.371 e. The molecule has 1 saturated heterocycles. The van der Waals surface area contributed by atoms with Crippen LogP contribution >= 0.6 is 0 Å². The second-order valence-corrected chi connectivity index (χ2v) is 8.95. The fourth-order valence-electron chi connectivity index (χ4n) is 3.21. The summed E-state index contributed by atoms with van der Waals surface area (Å²) in [5.74, 6) is 0. The number of benzene rings is 2. The molecule has 0 spiro atoms. The predicted molar refractivity (Wildman–Crippen MR) is 109 cm³/mol. The molecular weight excluding hydrogens is 376 g/mol. The van der Waals surface area contributed by atoms with E-state index < -0.39 is 10.0 Å². The Bertz CT molecular complexity index is 832. The summed E-state index contributed by atoms with van der Waals surface area (Å²) in [6.45, 7) is 4.40. The highest BCUT2D eigenvalue weighted by Crippen LogP contribution is 2.22. The van der Waals surface area contributed by atoms with Crippen LogP contribution in [0.3, 0.4) is 0 Å². The summed E-state index contributed by atoms with van der Waals surface area (Å²) in [6, 6.07) is 17.8. The van der Waals surface area contributed by atoms with Gasteiger partial charge in [0, 0.05) is 19.1 Å². The average Bonchev–Trinajstić information content (AvgIpc) is 2.68. The van der Waals surface area contributed by atoms with Crippen LogP contribution < -0.4 is 10.0 Å². The first-order chi connectivity index (χ1) is 13.4. The first-order valence-corrected chi connectivity index (χ1v) is 11.3. The molecule has 1 aliphatic heterocycles. The third kappa shape index (κ3) is 6.39. The van der Waals surface area contributed by atoms with Gasteiger partial charge in [0.25, 0.3) is 0 Å². The average molecular weight is 405 g/mol. The molecule has 28 heavy (non-hydrogen) atoms. The van der Waals surface area contributed by atoms with Crippen molar-refractivity contribution in [1.82, 2.24) is 10.0 Å². The van der Waals surface area contributed by atoms with Crippen LogP contribution in [0.4, 0.5) is 0 Å². The molecular formula is C21H28N2O4S. The van der Waals surface area contributed by atoms with Crippen LogP contribution in [-0.4, -0.2) is 40.5 Å². The van der Waals surface area contributed by atoms with Crippen LogP contribution in [0.25, 0.3) is 0 Å². The molecule has 0 amide bonds. The molecule has 2 aromatic carbocycles. The summed E-state index contributed by atoms with van der Waals surface area (Å²) in [7, 11) is -3.22. The van der Waals surface area contributed by atoms with Crippen molar-refractivity contribution in [2.75, 3.05) is 26.0 Å². The van der Waals surface area contributed by atoms with Gasteiger partial charge in [0.2, 0.25) is 10.0 Å². The van der Waals surface area contributed by atoms with Gasteiger partial charge >= 0.3 is 0 Å². The van der Waals surface area contributed by atoms with E-state index in [2.05, 4.69) is 22.2 Å². The monoisotopic (exact) mass is 404 g/mol. The number of rotatable bonds is 8. The quantitative estimate of drug-likeness (QED) is 0.707. The maximum atomic E-state index is 11.3. The normalized spacial score (nSPS) is 21.4. The van der Waals surface area contributed by atoms with Gasteiger partial charge in [0.15, 0.2) is 0 Å². The third-order valence-corrected chi connectivity index (χ3v) is 5.49. The number of nitrogens with one attached hydrogen (secondary N) is 2. The molecule has 0 unspecified atom stereocenters. The molecule has 7 heteroatoms. The molecule has 1 aliphatic rings. The maximum absolute atomic E-state index is 11.3. The summed E-state index contributed by atoms with van der Waals surface area (Å²) >= 11 is 0. The van der Waals surface area contributed by atoms with Gasteiger partial charge in [0.1, 0.15) is 6.10 Å². The Labute approximate surface area is 167 Å². The summed E-state index contributed by atoms with van der Waals surface area (Å²) < 4.78 is 37.1. The summed E-state index contributed by atoms with van der Waals surface area (Å²) in [5.41, 5.74) is 3.22. The Balaban J connectivity index is 1.40. The van der Waals surface area contributed by atoms with Gasteiger partial charge in [0.05, 0.1) is 25.6 Å². The zero-order valence-electron chi connectivity index (χ0n) is 16.3. The molecule has 3 atom stereocenters. The second kappa shape index (κ2) is 9.62. The van der Waals surface area contributed by atoms with Gasteiger partial charge in [-0.15, -0.1) is 0 Å². The van der Waals surface area contributed by atoms with E-state index in [-0.39, 0.29) is 18.2 Å². The Morgan fingerprint density at radius 1 is 1.04 bits per heavy atom. The fraction of sp³-hybridized carbons (Fsp3) is 0.429. The topological polar surface area (TPSA) is 76.7 Å². The fourth-order valence-corrected chi connectivity index (χ4v) is 3.99. The minimum Gasteiger partial charge on any atom is -0.371 e. The van der Waals surface area contributed by atoms with Crippen LogP contribution in [-0.2, 0) is 26.0 Å². The summed E-state index contributed by atoms with van der Waals surface area (Å²) in [6.07, 6.45) is 1.21. The molecule has 1 heterocycles. The molecule has 1 fully saturated rings. The lowest BCUT2D eigenvalue weighted by atomic mass is 10.1. The predicted octanol–water partition coefficient (Wildman–Crippen LogP) is 2.54. The Morgan fingerprint density at radius 3 is 2.36 bits per heavy atom. The Morgan fingerprint density at radius 2 is 1.75 bits per heavy atom. The second-order valence-electron chi connectivity index (χ2n) is 7.17. The smallest absolute Gasteiger partial charge is 0.209 e. The number of hydrogen-bond donors (Lipinski definition) is 2. The molecule has 0 radical (unpaired) electrons. The molecule has 152 valence electrons. The van der Waals surface area contributed by atoms with Gasteiger partial charge in [-0.05, 0) is 23.6 Å². The standard InChI is InChI=1S/C21H28N2O4S/c1-16(23-28(2,24)25)18-10-8-17(9-11-18)12-22-13-20-14-27-21(15-26-20)19-6-4-3-5-7-19/h3-11,16,20-23H,12-15H2,1-2H3/t16-,20+,21+/m1/s1. The maximum Gasteiger partial charge on any atom is 0.209 e. The van der Waals surface area contributed by atoms with Crippen molar-refractivity contribution in [3.8, 4) is 0 Å². The molecule has 0 saturated carbocycles. The lowest BCUT2D eigenvalue weighted by Crippen LogP contribution is -2.38. The van der Waals surface area contributed by atoms with Crippen molar-refractivity contribution in [3.63, 3.8) is 0 Å². The lowest BCUT2D eigenvalue weighted by molar-refractivity contribution is -0.133. The SMILES string of the molecule is C[C@@H](NS(C)(=O)=O)c1ccc(CNC[C@H]2CO[C@H](c3ccccc3)CO2)cc1. The van der Waals surface area contributed by atoms with E-state index in [1.807, 2.05) is 49.4 Å². The highest BCUT2D eigenvalue weighted by atomic mass is 32.2. The van der Waals surface area contributed by atoms with Crippen LogP contribution in [0.2, 0.25) is 0 Å². The Hall–Kier alpha value is -1.77. The molecule has 0 aromatic heterocycles. The van der Waals surface area contributed by atoms with E-state index in [1.54, 1.807) is 0 Å². The summed E-state index contributed by atoms with van der Waals surface area (Å²) in [5, 5.41) is 3.40. The van der Waals surface area contributed by atoms with Gasteiger partial charge in [-0.1, -0.05) is 54.6 Å². The van der Waals surface area contributed by atoms with Crippen molar-refractivity contribution in [2.24, 2.45) is 0 Å². The highest BCUT2D eigenvalue weighted by Gasteiger charge is 2.23. The minimum atomic E-state index is -3.22. The number of hydrogen-bond acceptors (Lipinski definition) is 5. The van der Waals surface area contributed by atoms with Crippen LogP contribution in [0.1, 0.15) is 35.8 Å². The van der Waals surface area contributed by atoms with Crippen molar-refractivity contribution < 1.29 is 17.9 Å². The highest BCUT2D eigenvalue weighted by molar-refractivity contribution is 7.88. The van der Waals surface area contributed by atoms with Crippen LogP contribution in [0.5, 0.6) is 0 Å². The molecule has 2 N–H and O–H groups in total. The molecule has 0 bridgehead atoms.